The molecule has 0 bridgehead atoms. The molecule has 1 amide bonds. The molecule has 1 aliphatic carbocycles. The van der Waals surface area contributed by atoms with Crippen molar-refractivity contribution in [3.63, 3.8) is 0 Å². The Balaban J connectivity index is 1.84. The van der Waals surface area contributed by atoms with Gasteiger partial charge >= 0.3 is 0 Å². The van der Waals surface area contributed by atoms with Crippen LogP contribution in [0.25, 0.3) is 0 Å². The van der Waals surface area contributed by atoms with E-state index in [-0.39, 0.29) is 23.8 Å². The molecule has 0 aliphatic heterocycles. The van der Waals surface area contributed by atoms with Crippen molar-refractivity contribution in [2.75, 3.05) is 6.54 Å². The van der Waals surface area contributed by atoms with Crippen LogP contribution in [0.1, 0.15) is 37.7 Å². The van der Waals surface area contributed by atoms with Crippen LogP contribution in [0.4, 0.5) is 0 Å². The Morgan fingerprint density at radius 1 is 1.67 bits per heavy atom. The van der Waals surface area contributed by atoms with Gasteiger partial charge in [0.25, 0.3) is 0 Å². The molecule has 3 atom stereocenters. The second-order valence-corrected chi connectivity index (χ2v) is 5.17. The average Bonchev–Trinajstić information content (AvgIpc) is 2.94. The van der Waals surface area contributed by atoms with E-state index in [0.29, 0.717) is 6.54 Å². The first-order valence-electron chi connectivity index (χ1n) is 6.52. The van der Waals surface area contributed by atoms with E-state index in [1.54, 1.807) is 10.9 Å². The fourth-order valence-electron chi connectivity index (χ4n) is 2.46. The summed E-state index contributed by atoms with van der Waals surface area (Å²) in [6.45, 7) is 2.45. The lowest BCUT2D eigenvalue weighted by molar-refractivity contribution is -0.122. The van der Waals surface area contributed by atoms with Gasteiger partial charge in [-0.2, -0.15) is 5.10 Å². The molecule has 1 aromatic rings. The minimum Gasteiger partial charge on any atom is -0.393 e. The lowest BCUT2D eigenvalue weighted by Gasteiger charge is -2.17. The van der Waals surface area contributed by atoms with Crippen molar-refractivity contribution < 1.29 is 9.90 Å². The number of hydrogen-bond acceptors (Lipinski definition) is 3. The van der Waals surface area contributed by atoms with Crippen LogP contribution in [0.15, 0.2) is 12.4 Å². The third kappa shape index (κ3) is 2.90. The fraction of sp³-hybridized carbons (Fsp3) is 0.692. The molecule has 5 heteroatoms. The van der Waals surface area contributed by atoms with E-state index in [1.807, 2.05) is 20.2 Å². The molecular weight excluding hydrogens is 230 g/mol. The van der Waals surface area contributed by atoms with E-state index >= 15 is 0 Å². The topological polar surface area (TPSA) is 67.2 Å². The van der Waals surface area contributed by atoms with Gasteiger partial charge in [0.2, 0.25) is 5.91 Å². The molecule has 1 aliphatic rings. The van der Waals surface area contributed by atoms with Crippen molar-refractivity contribution in [2.45, 2.75) is 38.2 Å². The van der Waals surface area contributed by atoms with Gasteiger partial charge in [-0.05, 0) is 19.8 Å². The summed E-state index contributed by atoms with van der Waals surface area (Å²) in [7, 11) is 1.84. The van der Waals surface area contributed by atoms with Crippen LogP contribution >= 0.6 is 0 Å². The number of rotatable bonds is 4. The normalized spacial score (nSPS) is 25.1. The molecule has 18 heavy (non-hydrogen) atoms. The number of carbonyl (C=O) groups is 1. The van der Waals surface area contributed by atoms with E-state index < -0.39 is 0 Å². The SMILES string of the molecule is CC(C(=O)NC[C@@H]1CCC[C@H]1O)c1cnn(C)c1. The molecule has 0 radical (unpaired) electrons. The molecular formula is C13H21N3O2. The zero-order valence-corrected chi connectivity index (χ0v) is 11.0. The third-order valence-corrected chi connectivity index (χ3v) is 3.78. The molecule has 5 nitrogen and oxygen atoms in total. The number of nitrogens with zero attached hydrogens (tertiary/aromatic N) is 2. The van der Waals surface area contributed by atoms with Crippen molar-refractivity contribution in [2.24, 2.45) is 13.0 Å². The van der Waals surface area contributed by atoms with Crippen LogP contribution in [0.3, 0.4) is 0 Å². The van der Waals surface area contributed by atoms with Crippen LogP contribution < -0.4 is 5.32 Å². The standard InChI is InChI=1S/C13H21N3O2/c1-9(11-7-15-16(2)8-11)13(18)14-6-10-4-3-5-12(10)17/h7-10,12,17H,3-6H2,1-2H3,(H,14,18)/t9?,10-,12+/m0/s1. The number of nitrogens with one attached hydrogen (secondary N) is 1. The van der Waals surface area contributed by atoms with Gasteiger partial charge in [0, 0.05) is 31.3 Å². The van der Waals surface area contributed by atoms with Gasteiger partial charge in [0.15, 0.2) is 0 Å². The Kier molecular flexibility index (Phi) is 4.01. The number of carbonyl (C=O) groups excluding carboxylic acids is 1. The monoisotopic (exact) mass is 251 g/mol. The summed E-state index contributed by atoms with van der Waals surface area (Å²) in [5.41, 5.74) is 0.918. The lowest BCUT2D eigenvalue weighted by atomic mass is 10.0. The second kappa shape index (κ2) is 5.52. The smallest absolute Gasteiger partial charge is 0.227 e. The average molecular weight is 251 g/mol. The Morgan fingerprint density at radius 2 is 2.44 bits per heavy atom. The van der Waals surface area contributed by atoms with Gasteiger partial charge < -0.3 is 10.4 Å². The second-order valence-electron chi connectivity index (χ2n) is 5.17. The van der Waals surface area contributed by atoms with Crippen molar-refractivity contribution in [1.82, 2.24) is 15.1 Å². The molecule has 0 spiro atoms. The molecule has 1 saturated carbocycles. The summed E-state index contributed by atoms with van der Waals surface area (Å²) >= 11 is 0. The maximum Gasteiger partial charge on any atom is 0.227 e. The summed E-state index contributed by atoms with van der Waals surface area (Å²) in [5, 5.41) is 16.7. The van der Waals surface area contributed by atoms with Gasteiger partial charge in [-0.25, -0.2) is 0 Å². The highest BCUT2D eigenvalue weighted by Crippen LogP contribution is 2.25. The number of aliphatic hydroxyl groups excluding tert-OH is 1. The molecule has 100 valence electrons. The van der Waals surface area contributed by atoms with Crippen LogP contribution in [0.5, 0.6) is 0 Å². The van der Waals surface area contributed by atoms with E-state index in [4.69, 9.17) is 0 Å². The first-order chi connectivity index (χ1) is 8.58. The molecule has 2 rings (SSSR count). The van der Waals surface area contributed by atoms with Crippen LogP contribution in [0.2, 0.25) is 0 Å². The molecule has 1 unspecified atom stereocenters. The highest BCUT2D eigenvalue weighted by Gasteiger charge is 2.26. The summed E-state index contributed by atoms with van der Waals surface area (Å²) in [5.74, 6) is 0.0226. The highest BCUT2D eigenvalue weighted by atomic mass is 16.3. The maximum atomic E-state index is 12.0. The first-order valence-corrected chi connectivity index (χ1v) is 6.52. The predicted molar refractivity (Wildman–Crippen MR) is 68.0 cm³/mol. The molecule has 1 heterocycles. The molecule has 1 fully saturated rings. The van der Waals surface area contributed by atoms with Gasteiger partial charge in [0.1, 0.15) is 0 Å². The zero-order chi connectivity index (χ0) is 13.1. The Bertz CT molecular complexity index is 416. The fourth-order valence-corrected chi connectivity index (χ4v) is 2.46. The Morgan fingerprint density at radius 3 is 3.00 bits per heavy atom. The number of amides is 1. The van der Waals surface area contributed by atoms with Gasteiger partial charge in [-0.3, -0.25) is 9.48 Å². The number of aromatic nitrogens is 2. The van der Waals surface area contributed by atoms with Gasteiger partial charge in [-0.15, -0.1) is 0 Å². The van der Waals surface area contributed by atoms with E-state index in [1.165, 1.54) is 0 Å². The summed E-state index contributed by atoms with van der Waals surface area (Å²) in [6, 6.07) is 0. The van der Waals surface area contributed by atoms with Crippen LogP contribution in [-0.2, 0) is 11.8 Å². The van der Waals surface area contributed by atoms with Gasteiger partial charge in [-0.1, -0.05) is 6.42 Å². The highest BCUT2D eigenvalue weighted by molar-refractivity contribution is 5.83. The largest absolute Gasteiger partial charge is 0.393 e. The van der Waals surface area contributed by atoms with E-state index in [9.17, 15) is 9.90 Å². The minimum absolute atomic E-state index is 0.00194. The van der Waals surface area contributed by atoms with Crippen molar-refractivity contribution in [3.8, 4) is 0 Å². The molecule has 1 aromatic heterocycles. The van der Waals surface area contributed by atoms with Crippen LogP contribution in [-0.4, -0.2) is 33.4 Å². The Hall–Kier alpha value is -1.36. The Labute approximate surface area is 107 Å². The summed E-state index contributed by atoms with van der Waals surface area (Å²) < 4.78 is 1.69. The predicted octanol–water partition coefficient (Wildman–Crippen LogP) is 0.801. The first kappa shape index (κ1) is 13.1. The summed E-state index contributed by atoms with van der Waals surface area (Å²) in [4.78, 5) is 12.0. The van der Waals surface area contributed by atoms with Crippen molar-refractivity contribution in [1.29, 1.82) is 0 Å². The minimum atomic E-state index is -0.251. The molecule has 0 saturated heterocycles. The number of hydrogen-bond donors (Lipinski definition) is 2. The maximum absolute atomic E-state index is 12.0. The molecule has 0 aromatic carbocycles. The zero-order valence-electron chi connectivity index (χ0n) is 11.0. The van der Waals surface area contributed by atoms with Crippen molar-refractivity contribution in [3.05, 3.63) is 18.0 Å². The van der Waals surface area contributed by atoms with Crippen molar-refractivity contribution >= 4 is 5.91 Å². The van der Waals surface area contributed by atoms with Gasteiger partial charge in [0.05, 0.1) is 18.2 Å². The lowest BCUT2D eigenvalue weighted by Crippen LogP contribution is -2.34. The molecule has 2 N–H and O–H groups in total. The number of aryl methyl sites for hydroxylation is 1. The third-order valence-electron chi connectivity index (χ3n) is 3.78. The van der Waals surface area contributed by atoms with Crippen LogP contribution in [0, 0.1) is 5.92 Å². The summed E-state index contributed by atoms with van der Waals surface area (Å²) in [6.07, 6.45) is 6.24. The number of aliphatic hydroxyl groups is 1. The quantitative estimate of drug-likeness (QED) is 0.832. The van der Waals surface area contributed by atoms with E-state index in [0.717, 1.165) is 24.8 Å². The van der Waals surface area contributed by atoms with E-state index in [2.05, 4.69) is 10.4 Å².